The topological polar surface area (TPSA) is 75.8 Å². The number of ether oxygens (including phenoxy) is 1. The number of hydrogen-bond acceptors (Lipinski definition) is 4. The van der Waals surface area contributed by atoms with Crippen LogP contribution in [0.25, 0.3) is 5.65 Å². The van der Waals surface area contributed by atoms with Crippen molar-refractivity contribution in [3.8, 4) is 0 Å². The fraction of sp³-hybridized carbons (Fsp3) is 0.409. The minimum absolute atomic E-state index is 0. The van der Waals surface area contributed by atoms with Gasteiger partial charge in [0.2, 0.25) is 0 Å². The third-order valence-electron chi connectivity index (χ3n) is 4.23. The number of benzene rings is 1. The third kappa shape index (κ3) is 7.24. The lowest BCUT2D eigenvalue weighted by atomic mass is 10.1. The van der Waals surface area contributed by atoms with Crippen molar-refractivity contribution >= 4 is 35.6 Å². The van der Waals surface area contributed by atoms with Crippen molar-refractivity contribution in [2.24, 2.45) is 4.99 Å². The molecule has 3 aromatic rings. The molecule has 0 fully saturated rings. The highest BCUT2D eigenvalue weighted by atomic mass is 127. The average Bonchev–Trinajstić information content (AvgIpc) is 3.11. The zero-order valence-electron chi connectivity index (χ0n) is 18.1. The molecule has 0 saturated carbocycles. The molecule has 0 amide bonds. The molecule has 2 N–H and O–H groups in total. The summed E-state index contributed by atoms with van der Waals surface area (Å²) in [6.07, 6.45) is 1.96. The van der Waals surface area contributed by atoms with Gasteiger partial charge in [0.25, 0.3) is 0 Å². The van der Waals surface area contributed by atoms with Crippen molar-refractivity contribution in [2.75, 3.05) is 6.54 Å². The molecular weight excluding hydrogens is 491 g/mol. The van der Waals surface area contributed by atoms with Gasteiger partial charge in [-0.2, -0.15) is 0 Å². The zero-order valence-corrected chi connectivity index (χ0v) is 20.4. The summed E-state index contributed by atoms with van der Waals surface area (Å²) in [5, 5.41) is 15.0. The van der Waals surface area contributed by atoms with Gasteiger partial charge < -0.3 is 15.4 Å². The first-order chi connectivity index (χ1) is 13.9. The van der Waals surface area contributed by atoms with Crippen LogP contribution in [0.5, 0.6) is 0 Å². The summed E-state index contributed by atoms with van der Waals surface area (Å²) < 4.78 is 7.84. The molecule has 0 unspecified atom stereocenters. The highest BCUT2D eigenvalue weighted by Crippen LogP contribution is 2.13. The number of aromatic nitrogens is 3. The van der Waals surface area contributed by atoms with Gasteiger partial charge in [-0.25, -0.2) is 4.99 Å². The number of nitrogens with zero attached hydrogens (tertiary/aromatic N) is 4. The van der Waals surface area contributed by atoms with Crippen LogP contribution in [0.1, 0.15) is 44.6 Å². The van der Waals surface area contributed by atoms with Gasteiger partial charge in [-0.3, -0.25) is 4.40 Å². The Balaban J connectivity index is 0.00000320. The lowest BCUT2D eigenvalue weighted by Crippen LogP contribution is -2.37. The van der Waals surface area contributed by atoms with E-state index in [9.17, 15) is 0 Å². The summed E-state index contributed by atoms with van der Waals surface area (Å²) >= 11 is 0. The molecule has 1 aromatic carbocycles. The minimum Gasteiger partial charge on any atom is -0.371 e. The summed E-state index contributed by atoms with van der Waals surface area (Å²) in [6, 6.07) is 14.2. The van der Waals surface area contributed by atoms with Crippen molar-refractivity contribution in [2.45, 2.75) is 53.0 Å². The Hall–Kier alpha value is -2.20. The molecule has 0 radical (unpaired) electrons. The number of hydrogen-bond donors (Lipinski definition) is 2. The quantitative estimate of drug-likeness (QED) is 0.280. The molecule has 162 valence electrons. The number of rotatable bonds is 7. The van der Waals surface area contributed by atoms with E-state index in [1.165, 1.54) is 0 Å². The highest BCUT2D eigenvalue weighted by molar-refractivity contribution is 14.0. The SMILES string of the molecule is CCNC(=NCc1cccc(COC(C)(C)C)c1)NCc1nnc2ccccn12.I. The van der Waals surface area contributed by atoms with E-state index in [-0.39, 0.29) is 29.6 Å². The third-order valence-corrected chi connectivity index (χ3v) is 4.23. The molecule has 0 aliphatic rings. The van der Waals surface area contributed by atoms with Gasteiger partial charge in [0, 0.05) is 12.7 Å². The van der Waals surface area contributed by atoms with Crippen LogP contribution in [0.15, 0.2) is 53.7 Å². The van der Waals surface area contributed by atoms with Crippen molar-refractivity contribution in [1.29, 1.82) is 0 Å². The smallest absolute Gasteiger partial charge is 0.191 e. The Morgan fingerprint density at radius 2 is 1.87 bits per heavy atom. The summed E-state index contributed by atoms with van der Waals surface area (Å²) in [4.78, 5) is 4.71. The van der Waals surface area contributed by atoms with Gasteiger partial charge in [-0.1, -0.05) is 30.3 Å². The second-order valence-electron chi connectivity index (χ2n) is 7.81. The van der Waals surface area contributed by atoms with E-state index in [4.69, 9.17) is 9.73 Å². The van der Waals surface area contributed by atoms with Crippen LogP contribution >= 0.6 is 24.0 Å². The largest absolute Gasteiger partial charge is 0.371 e. The summed E-state index contributed by atoms with van der Waals surface area (Å²) in [6.45, 7) is 10.7. The molecule has 0 bridgehead atoms. The molecule has 7 nitrogen and oxygen atoms in total. The van der Waals surface area contributed by atoms with Gasteiger partial charge in [0.1, 0.15) is 0 Å². The van der Waals surface area contributed by atoms with E-state index in [0.29, 0.717) is 19.7 Å². The van der Waals surface area contributed by atoms with Crippen LogP contribution < -0.4 is 10.6 Å². The number of fused-ring (bicyclic) bond motifs is 1. The lowest BCUT2D eigenvalue weighted by molar-refractivity contribution is -0.0149. The van der Waals surface area contributed by atoms with Gasteiger partial charge in [0.05, 0.1) is 25.3 Å². The molecule has 0 aliphatic heterocycles. The second kappa shape index (κ2) is 11.3. The van der Waals surface area contributed by atoms with E-state index in [2.05, 4.69) is 65.9 Å². The first-order valence-corrected chi connectivity index (χ1v) is 9.97. The molecule has 2 aromatic heterocycles. The fourth-order valence-electron chi connectivity index (χ4n) is 2.80. The van der Waals surface area contributed by atoms with Gasteiger partial charge >= 0.3 is 0 Å². The van der Waals surface area contributed by atoms with Crippen LogP contribution in [0.3, 0.4) is 0 Å². The Morgan fingerprint density at radius 3 is 2.63 bits per heavy atom. The van der Waals surface area contributed by atoms with Crippen molar-refractivity contribution in [1.82, 2.24) is 25.2 Å². The Bertz CT molecular complexity index is 963. The maximum atomic E-state index is 5.87. The molecule has 0 saturated heterocycles. The first-order valence-electron chi connectivity index (χ1n) is 9.97. The second-order valence-corrected chi connectivity index (χ2v) is 7.81. The molecule has 8 heteroatoms. The minimum atomic E-state index is -0.151. The number of pyridine rings is 1. The van der Waals surface area contributed by atoms with Gasteiger partial charge in [0.15, 0.2) is 17.4 Å². The maximum Gasteiger partial charge on any atom is 0.191 e. The average molecular weight is 522 g/mol. The zero-order chi connectivity index (χ0) is 20.7. The predicted molar refractivity (Wildman–Crippen MR) is 131 cm³/mol. The lowest BCUT2D eigenvalue weighted by Gasteiger charge is -2.19. The number of halogens is 1. The number of aliphatic imine (C=N–C) groups is 1. The fourth-order valence-corrected chi connectivity index (χ4v) is 2.80. The molecule has 0 aliphatic carbocycles. The molecule has 3 rings (SSSR count). The van der Waals surface area contributed by atoms with Gasteiger partial charge in [-0.05, 0) is 51.0 Å². The molecule has 30 heavy (non-hydrogen) atoms. The van der Waals surface area contributed by atoms with Crippen molar-refractivity contribution in [3.05, 3.63) is 65.6 Å². The Kier molecular flexibility index (Phi) is 9.04. The predicted octanol–water partition coefficient (Wildman–Crippen LogP) is 3.92. The summed E-state index contributed by atoms with van der Waals surface area (Å²) in [5.41, 5.74) is 2.98. The van der Waals surface area contributed by atoms with Crippen LogP contribution in [-0.2, 0) is 24.4 Å². The van der Waals surface area contributed by atoms with Crippen LogP contribution in [0.4, 0.5) is 0 Å². The molecule has 0 spiro atoms. The summed E-state index contributed by atoms with van der Waals surface area (Å²) in [5.74, 6) is 1.59. The van der Waals surface area contributed by atoms with Crippen molar-refractivity contribution in [3.63, 3.8) is 0 Å². The number of nitrogens with one attached hydrogen (secondary N) is 2. The van der Waals surface area contributed by atoms with E-state index >= 15 is 0 Å². The summed E-state index contributed by atoms with van der Waals surface area (Å²) in [7, 11) is 0. The van der Waals surface area contributed by atoms with Crippen LogP contribution in [-0.4, -0.2) is 32.7 Å². The Labute approximate surface area is 195 Å². The highest BCUT2D eigenvalue weighted by Gasteiger charge is 2.10. The maximum absolute atomic E-state index is 5.87. The Morgan fingerprint density at radius 1 is 1.07 bits per heavy atom. The standard InChI is InChI=1S/C22H30N6O.HI/c1-5-23-21(25-15-20-27-26-19-11-6-7-12-28(19)20)24-14-17-9-8-10-18(13-17)16-29-22(2,3)4;/h6-13H,5,14-16H2,1-4H3,(H2,23,24,25);1H. The van der Waals surface area contributed by atoms with E-state index in [0.717, 1.165) is 35.1 Å². The van der Waals surface area contributed by atoms with E-state index in [1.807, 2.05) is 35.7 Å². The molecule has 0 atom stereocenters. The number of guanidine groups is 1. The van der Waals surface area contributed by atoms with Gasteiger partial charge in [-0.15, -0.1) is 34.2 Å². The van der Waals surface area contributed by atoms with Crippen LogP contribution in [0.2, 0.25) is 0 Å². The molecule has 2 heterocycles. The first kappa shape index (κ1) is 24.1. The van der Waals surface area contributed by atoms with E-state index < -0.39 is 0 Å². The van der Waals surface area contributed by atoms with E-state index in [1.54, 1.807) is 0 Å². The normalized spacial score (nSPS) is 11.9. The van der Waals surface area contributed by atoms with Crippen LogP contribution in [0, 0.1) is 0 Å². The van der Waals surface area contributed by atoms with Crippen molar-refractivity contribution < 1.29 is 4.74 Å². The molecular formula is C22H31IN6O. The monoisotopic (exact) mass is 522 g/mol.